The summed E-state index contributed by atoms with van der Waals surface area (Å²) in [4.78, 5) is 38.3. The Bertz CT molecular complexity index is 78.2. The zero-order valence-electron chi connectivity index (χ0n) is 5.35. The van der Waals surface area contributed by atoms with Gasteiger partial charge in [0.15, 0.2) is 0 Å². The topological polar surface area (TPSA) is 118 Å². The van der Waals surface area contributed by atoms with Gasteiger partial charge in [0.25, 0.3) is 5.97 Å². The van der Waals surface area contributed by atoms with Crippen molar-refractivity contribution >= 4 is 15.0 Å². The van der Waals surface area contributed by atoms with E-state index in [1.54, 1.807) is 0 Å². The molecule has 0 aliphatic heterocycles. The average molecular weight is 222 g/mol. The fourth-order valence-corrected chi connectivity index (χ4v) is 0. The fraction of sp³-hybridized carbons (Fsp3) is 0.500. The van der Waals surface area contributed by atoms with Gasteiger partial charge >= 0.3 is 9.05 Å². The molecule has 0 bridgehead atoms. The summed E-state index contributed by atoms with van der Waals surface area (Å²) in [5.74, 6) is -0.833. The normalized spacial score (nSPS) is 8.50. The molecule has 0 heterocycles. The van der Waals surface area contributed by atoms with Crippen molar-refractivity contribution in [2.45, 2.75) is 6.92 Å². The van der Waals surface area contributed by atoms with Crippen LogP contribution in [0.4, 0.5) is 0 Å². The second-order valence-electron chi connectivity index (χ2n) is 1.12. The molecule has 10 heavy (non-hydrogen) atoms. The summed E-state index contributed by atoms with van der Waals surface area (Å²) in [5, 5.41) is 7.42. The van der Waals surface area contributed by atoms with Gasteiger partial charge in [-0.15, -0.1) is 0 Å². The number of aliphatic carboxylic acids is 1. The molecule has 5 N–H and O–H groups in total. The third-order valence-electron chi connectivity index (χ3n) is 0. The third kappa shape index (κ3) is 18500. The second kappa shape index (κ2) is 7.26. The molecular formula is C2H8O6SiZn. The first-order valence-corrected chi connectivity index (χ1v) is 3.61. The second-order valence-corrected chi connectivity index (χ2v) is 2.32. The van der Waals surface area contributed by atoms with Crippen LogP contribution >= 0.6 is 0 Å². The van der Waals surface area contributed by atoms with Gasteiger partial charge in [0.1, 0.15) is 0 Å². The molecule has 58 valence electrons. The Morgan fingerprint density at radius 2 is 1.20 bits per heavy atom. The van der Waals surface area contributed by atoms with Gasteiger partial charge in [-0.1, -0.05) is 0 Å². The Balaban J connectivity index is -0.0000000910. The van der Waals surface area contributed by atoms with E-state index in [-0.39, 0.29) is 19.5 Å². The van der Waals surface area contributed by atoms with E-state index in [2.05, 4.69) is 0 Å². The number of carboxylic acid groups (broad SMARTS) is 1. The van der Waals surface area contributed by atoms with Crippen molar-refractivity contribution in [3.63, 3.8) is 0 Å². The first-order chi connectivity index (χ1) is 3.73. The van der Waals surface area contributed by atoms with Crippen molar-refractivity contribution in [1.29, 1.82) is 0 Å². The van der Waals surface area contributed by atoms with Crippen molar-refractivity contribution in [1.82, 2.24) is 0 Å². The molecule has 0 radical (unpaired) electrons. The largest absolute Gasteiger partial charge is 0.668 e. The average Bonchev–Trinajstić information content (AvgIpc) is 1.19. The number of carboxylic acids is 1. The molecule has 0 aliphatic rings. The summed E-state index contributed by atoms with van der Waals surface area (Å²) in [6, 6.07) is 0. The van der Waals surface area contributed by atoms with Gasteiger partial charge in [-0.25, -0.2) is 0 Å². The maximum atomic E-state index is 9.00. The van der Waals surface area contributed by atoms with Crippen molar-refractivity contribution < 1.29 is 48.6 Å². The van der Waals surface area contributed by atoms with E-state index in [4.69, 9.17) is 29.1 Å². The predicted molar refractivity (Wildman–Crippen MR) is 27.9 cm³/mol. The summed E-state index contributed by atoms with van der Waals surface area (Å²) < 4.78 is 0. The van der Waals surface area contributed by atoms with Crippen LogP contribution in [0.2, 0.25) is 0 Å². The van der Waals surface area contributed by atoms with Gasteiger partial charge < -0.3 is 24.3 Å². The standard InChI is InChI=1S/C2H4O2.H4O4Si.Zn/c1-2(3)4;1-5(2,3)4;/h1H3,(H,3,4);1-4H;. The molecule has 0 unspecified atom stereocenters. The molecule has 0 aromatic heterocycles. The van der Waals surface area contributed by atoms with E-state index < -0.39 is 15.0 Å². The molecule has 0 aromatic carbocycles. The van der Waals surface area contributed by atoms with E-state index in [0.717, 1.165) is 6.92 Å². The smallest absolute Gasteiger partial charge is 0.481 e. The first kappa shape index (κ1) is 16.6. The molecule has 0 fully saturated rings. The van der Waals surface area contributed by atoms with E-state index in [1.807, 2.05) is 0 Å². The van der Waals surface area contributed by atoms with E-state index in [0.29, 0.717) is 0 Å². The van der Waals surface area contributed by atoms with E-state index in [1.165, 1.54) is 0 Å². The molecule has 8 heteroatoms. The van der Waals surface area contributed by atoms with Crippen LogP contribution in [0.5, 0.6) is 0 Å². The van der Waals surface area contributed by atoms with Gasteiger partial charge in [-0.05, 0) is 0 Å². The number of rotatable bonds is 0. The quantitative estimate of drug-likeness (QED) is 0.288. The Labute approximate surface area is 71.0 Å². The Morgan fingerprint density at radius 1 is 1.20 bits per heavy atom. The van der Waals surface area contributed by atoms with Crippen LogP contribution in [0.1, 0.15) is 6.92 Å². The van der Waals surface area contributed by atoms with Crippen LogP contribution in [0, 0.1) is 0 Å². The molecule has 0 saturated carbocycles. The van der Waals surface area contributed by atoms with Gasteiger partial charge in [0.2, 0.25) is 0 Å². The van der Waals surface area contributed by atoms with Crippen molar-refractivity contribution in [3.8, 4) is 0 Å². The summed E-state index contributed by atoms with van der Waals surface area (Å²) in [7, 11) is -4.61. The zero-order valence-corrected chi connectivity index (χ0v) is 9.32. The molecular weight excluding hydrogens is 213 g/mol. The van der Waals surface area contributed by atoms with E-state index >= 15 is 0 Å². The molecule has 0 rings (SSSR count). The van der Waals surface area contributed by atoms with E-state index in [9.17, 15) is 0 Å². The molecule has 0 saturated heterocycles. The maximum absolute atomic E-state index is 9.00. The summed E-state index contributed by atoms with van der Waals surface area (Å²) in [6.45, 7) is 1.08. The van der Waals surface area contributed by atoms with Crippen molar-refractivity contribution in [2.75, 3.05) is 0 Å². The van der Waals surface area contributed by atoms with Gasteiger partial charge in [-0.2, -0.15) is 0 Å². The van der Waals surface area contributed by atoms with Gasteiger partial charge in [0.05, 0.1) is 0 Å². The van der Waals surface area contributed by atoms with Gasteiger partial charge in [0, 0.05) is 26.4 Å². The van der Waals surface area contributed by atoms with Crippen LogP contribution in [0.15, 0.2) is 0 Å². The first-order valence-electron chi connectivity index (χ1n) is 1.82. The molecule has 0 spiro atoms. The maximum Gasteiger partial charge on any atom is 0.668 e. The summed E-state index contributed by atoms with van der Waals surface area (Å²) in [5.41, 5.74) is 0. The Hall–Kier alpha value is 0.150. The van der Waals surface area contributed by atoms with Crippen LogP contribution in [-0.2, 0) is 24.3 Å². The van der Waals surface area contributed by atoms with Crippen LogP contribution in [-0.4, -0.2) is 39.3 Å². The third-order valence-corrected chi connectivity index (χ3v) is 0. The summed E-state index contributed by atoms with van der Waals surface area (Å²) >= 11 is 0. The van der Waals surface area contributed by atoms with Crippen molar-refractivity contribution in [3.05, 3.63) is 0 Å². The molecule has 0 amide bonds. The number of hydrogen-bond acceptors (Lipinski definition) is 5. The van der Waals surface area contributed by atoms with Crippen molar-refractivity contribution in [2.24, 2.45) is 0 Å². The van der Waals surface area contributed by atoms with Crippen LogP contribution in [0.3, 0.4) is 0 Å². The minimum atomic E-state index is -4.61. The Morgan fingerprint density at radius 3 is 1.20 bits per heavy atom. The number of carbonyl (C=O) groups is 1. The van der Waals surface area contributed by atoms with Crippen LogP contribution in [0.25, 0.3) is 0 Å². The summed E-state index contributed by atoms with van der Waals surface area (Å²) in [6.07, 6.45) is 0. The predicted octanol–water partition coefficient (Wildman–Crippen LogP) is -2.52. The fourth-order valence-electron chi connectivity index (χ4n) is 0. The SMILES string of the molecule is CC(=O)O.O[Si](O)(O)O.[Zn]. The molecule has 0 aliphatic carbocycles. The zero-order chi connectivity index (χ0) is 8.08. The molecule has 0 atom stereocenters. The van der Waals surface area contributed by atoms with Crippen LogP contribution < -0.4 is 0 Å². The molecule has 6 nitrogen and oxygen atoms in total. The minimum absolute atomic E-state index is 0. The monoisotopic (exact) mass is 220 g/mol. The molecule has 0 aromatic rings. The minimum Gasteiger partial charge on any atom is -0.481 e. The number of hydrogen-bond donors (Lipinski definition) is 5. The van der Waals surface area contributed by atoms with Gasteiger partial charge in [-0.3, -0.25) is 4.79 Å². The Kier molecular flexibility index (Phi) is 12.1.